The van der Waals surface area contributed by atoms with Crippen molar-refractivity contribution in [1.29, 1.82) is 0 Å². The molecule has 1 atom stereocenters. The number of anilines is 2. The molecule has 150 valence electrons. The Labute approximate surface area is 177 Å². The van der Waals surface area contributed by atoms with Crippen molar-refractivity contribution in [2.24, 2.45) is 0 Å². The molecule has 30 heavy (non-hydrogen) atoms. The van der Waals surface area contributed by atoms with Gasteiger partial charge in [0, 0.05) is 23.0 Å². The lowest BCUT2D eigenvalue weighted by molar-refractivity contribution is -0.116. The van der Waals surface area contributed by atoms with Crippen molar-refractivity contribution in [2.75, 3.05) is 17.4 Å². The lowest BCUT2D eigenvalue weighted by Crippen LogP contribution is -2.31. The van der Waals surface area contributed by atoms with Gasteiger partial charge in [-0.3, -0.25) is 4.79 Å². The Kier molecular flexibility index (Phi) is 4.72. The minimum atomic E-state index is -0.413. The maximum Gasteiger partial charge on any atom is 0.246 e. The first-order valence-electron chi connectivity index (χ1n) is 9.59. The number of para-hydroxylation sites is 1. The Morgan fingerprint density at radius 3 is 2.60 bits per heavy atom. The molecule has 3 aromatic carbocycles. The zero-order valence-electron chi connectivity index (χ0n) is 16.2. The van der Waals surface area contributed by atoms with Crippen LogP contribution in [-0.2, 0) is 4.79 Å². The molecule has 0 unspecified atom stereocenters. The van der Waals surface area contributed by atoms with E-state index in [1.165, 1.54) is 4.70 Å². The van der Waals surface area contributed by atoms with E-state index in [0.717, 1.165) is 21.8 Å². The van der Waals surface area contributed by atoms with Crippen molar-refractivity contribution in [3.63, 3.8) is 0 Å². The second-order valence-corrected chi connectivity index (χ2v) is 8.02. The van der Waals surface area contributed by atoms with E-state index in [0.29, 0.717) is 17.2 Å². The van der Waals surface area contributed by atoms with Crippen molar-refractivity contribution in [3.8, 4) is 22.1 Å². The molecule has 2 heterocycles. The Morgan fingerprint density at radius 2 is 1.77 bits per heavy atom. The van der Waals surface area contributed by atoms with Crippen molar-refractivity contribution in [1.82, 2.24) is 4.98 Å². The van der Waals surface area contributed by atoms with Crippen molar-refractivity contribution >= 4 is 38.8 Å². The van der Waals surface area contributed by atoms with Crippen LogP contribution < -0.4 is 20.1 Å². The number of aromatic nitrogens is 1. The molecule has 0 spiro atoms. The van der Waals surface area contributed by atoms with Crippen LogP contribution in [0.15, 0.2) is 66.7 Å². The number of ether oxygens (including phenoxy) is 2. The van der Waals surface area contributed by atoms with E-state index < -0.39 is 6.04 Å². The number of carbonyl (C=O) groups is 1. The highest BCUT2D eigenvalue weighted by Gasteiger charge is 2.17. The molecule has 1 aliphatic heterocycles. The maximum absolute atomic E-state index is 12.6. The fraction of sp³-hybridized carbons (Fsp3) is 0.130. The topological polar surface area (TPSA) is 72.5 Å². The fourth-order valence-corrected chi connectivity index (χ4v) is 4.22. The Hall–Kier alpha value is -3.58. The molecule has 0 bridgehead atoms. The van der Waals surface area contributed by atoms with Crippen LogP contribution >= 0.6 is 11.3 Å². The first kappa shape index (κ1) is 18.4. The summed E-state index contributed by atoms with van der Waals surface area (Å²) in [6.45, 7) is 2.03. The van der Waals surface area contributed by atoms with E-state index >= 15 is 0 Å². The van der Waals surface area contributed by atoms with Gasteiger partial charge in [-0.25, -0.2) is 4.98 Å². The molecule has 1 aromatic heterocycles. The van der Waals surface area contributed by atoms with Gasteiger partial charge in [0.2, 0.25) is 12.7 Å². The van der Waals surface area contributed by atoms with Gasteiger partial charge in [0.05, 0.1) is 10.2 Å². The Morgan fingerprint density at radius 1 is 1.00 bits per heavy atom. The number of rotatable bonds is 5. The number of carbonyl (C=O) groups excluding carboxylic acids is 1. The summed E-state index contributed by atoms with van der Waals surface area (Å²) in [5, 5.41) is 7.12. The highest BCUT2D eigenvalue weighted by Crippen LogP contribution is 2.34. The fourth-order valence-electron chi connectivity index (χ4n) is 3.25. The molecule has 1 aliphatic rings. The number of amides is 1. The van der Waals surface area contributed by atoms with Crippen LogP contribution in [0.5, 0.6) is 11.5 Å². The molecule has 0 aliphatic carbocycles. The van der Waals surface area contributed by atoms with Crippen LogP contribution in [0, 0.1) is 0 Å². The summed E-state index contributed by atoms with van der Waals surface area (Å²) in [4.78, 5) is 17.2. The summed E-state index contributed by atoms with van der Waals surface area (Å²) in [5.41, 5.74) is 3.60. The van der Waals surface area contributed by atoms with E-state index in [4.69, 9.17) is 9.47 Å². The normalized spacial score (nSPS) is 13.2. The summed E-state index contributed by atoms with van der Waals surface area (Å²) < 4.78 is 11.8. The van der Waals surface area contributed by atoms with Crippen molar-refractivity contribution in [3.05, 3.63) is 66.7 Å². The summed E-state index contributed by atoms with van der Waals surface area (Å²) in [6.07, 6.45) is 0. The standard InChI is InChI=1S/C23H19N3O3S/c1-14(22(27)25-17-10-11-19-20(12-17)29-13-28-19)24-16-8-6-15(7-9-16)23-26-18-4-2-3-5-21(18)30-23/h2-12,14,24H,13H2,1H3,(H,25,27)/t14-/m1/s1. The second kappa shape index (κ2) is 7.68. The van der Waals surface area contributed by atoms with Gasteiger partial charge in [-0.1, -0.05) is 12.1 Å². The zero-order chi connectivity index (χ0) is 20.5. The van der Waals surface area contributed by atoms with Gasteiger partial charge in [-0.05, 0) is 55.5 Å². The number of hydrogen-bond donors (Lipinski definition) is 2. The van der Waals surface area contributed by atoms with E-state index in [1.807, 2.05) is 49.4 Å². The number of thiazole rings is 1. The molecule has 6 nitrogen and oxygen atoms in total. The molecule has 0 saturated carbocycles. The SMILES string of the molecule is C[C@@H](Nc1ccc(-c2nc3ccccc3s2)cc1)C(=O)Nc1ccc2c(c1)OCO2. The lowest BCUT2D eigenvalue weighted by Gasteiger charge is -2.15. The number of nitrogens with one attached hydrogen (secondary N) is 2. The number of fused-ring (bicyclic) bond motifs is 2. The molecule has 4 aromatic rings. The summed E-state index contributed by atoms with van der Waals surface area (Å²) in [7, 11) is 0. The van der Waals surface area contributed by atoms with E-state index in [9.17, 15) is 4.79 Å². The van der Waals surface area contributed by atoms with Crippen LogP contribution in [0.25, 0.3) is 20.8 Å². The number of benzene rings is 3. The Bertz CT molecular complexity index is 1190. The van der Waals surface area contributed by atoms with Crippen molar-refractivity contribution < 1.29 is 14.3 Å². The quantitative estimate of drug-likeness (QED) is 0.471. The third kappa shape index (κ3) is 3.67. The summed E-state index contributed by atoms with van der Waals surface area (Å²) in [5.74, 6) is 1.19. The van der Waals surface area contributed by atoms with Gasteiger partial charge in [0.1, 0.15) is 11.0 Å². The van der Waals surface area contributed by atoms with Gasteiger partial charge in [0.15, 0.2) is 11.5 Å². The number of hydrogen-bond acceptors (Lipinski definition) is 6. The third-order valence-corrected chi connectivity index (χ3v) is 5.93. The van der Waals surface area contributed by atoms with Crippen LogP contribution in [0.3, 0.4) is 0 Å². The molecule has 7 heteroatoms. The van der Waals surface area contributed by atoms with Gasteiger partial charge in [-0.15, -0.1) is 11.3 Å². The zero-order valence-corrected chi connectivity index (χ0v) is 17.0. The summed E-state index contributed by atoms with van der Waals surface area (Å²) >= 11 is 1.67. The molecule has 0 radical (unpaired) electrons. The lowest BCUT2D eigenvalue weighted by atomic mass is 10.2. The first-order chi connectivity index (χ1) is 14.7. The van der Waals surface area contributed by atoms with Crippen LogP contribution in [0.4, 0.5) is 11.4 Å². The highest BCUT2D eigenvalue weighted by molar-refractivity contribution is 7.21. The molecule has 5 rings (SSSR count). The molecule has 1 amide bonds. The van der Waals surface area contributed by atoms with Gasteiger partial charge in [-0.2, -0.15) is 0 Å². The minimum Gasteiger partial charge on any atom is -0.454 e. The van der Waals surface area contributed by atoms with E-state index in [-0.39, 0.29) is 12.7 Å². The Balaban J connectivity index is 1.24. The van der Waals surface area contributed by atoms with Gasteiger partial charge >= 0.3 is 0 Å². The second-order valence-electron chi connectivity index (χ2n) is 6.99. The highest BCUT2D eigenvalue weighted by atomic mass is 32.1. The van der Waals surface area contributed by atoms with Gasteiger partial charge < -0.3 is 20.1 Å². The maximum atomic E-state index is 12.6. The summed E-state index contributed by atoms with van der Waals surface area (Å²) in [6, 6.07) is 21.0. The van der Waals surface area contributed by atoms with Gasteiger partial charge in [0.25, 0.3) is 0 Å². The van der Waals surface area contributed by atoms with Crippen LogP contribution in [0.2, 0.25) is 0 Å². The van der Waals surface area contributed by atoms with Crippen LogP contribution in [-0.4, -0.2) is 23.7 Å². The smallest absolute Gasteiger partial charge is 0.246 e. The van der Waals surface area contributed by atoms with Crippen molar-refractivity contribution in [2.45, 2.75) is 13.0 Å². The predicted octanol–water partition coefficient (Wildman–Crippen LogP) is 5.13. The van der Waals surface area contributed by atoms with Crippen LogP contribution in [0.1, 0.15) is 6.92 Å². The molecule has 0 saturated heterocycles. The van der Waals surface area contributed by atoms with E-state index in [2.05, 4.69) is 21.7 Å². The molecule has 0 fully saturated rings. The molecular formula is C23H19N3O3S. The molecular weight excluding hydrogens is 398 g/mol. The third-order valence-electron chi connectivity index (χ3n) is 4.84. The minimum absolute atomic E-state index is 0.135. The largest absolute Gasteiger partial charge is 0.454 e. The average molecular weight is 417 g/mol. The van der Waals surface area contributed by atoms with E-state index in [1.54, 1.807) is 29.5 Å². The monoisotopic (exact) mass is 417 g/mol. The number of nitrogens with zero attached hydrogens (tertiary/aromatic N) is 1. The first-order valence-corrected chi connectivity index (χ1v) is 10.4. The predicted molar refractivity (Wildman–Crippen MR) is 119 cm³/mol. The molecule has 2 N–H and O–H groups in total. The average Bonchev–Trinajstić information content (AvgIpc) is 3.40.